The molecule has 0 N–H and O–H groups in total. The number of carbonyl (C=O) groups is 3. The second kappa shape index (κ2) is 9.01. The third-order valence-corrected chi connectivity index (χ3v) is 8.91. The van der Waals surface area contributed by atoms with Gasteiger partial charge in [-0.2, -0.15) is 0 Å². The number of fused-ring (bicyclic) bond motifs is 1. The van der Waals surface area contributed by atoms with Crippen molar-refractivity contribution in [1.29, 1.82) is 0 Å². The number of hydrogen-bond donors (Lipinski definition) is 0. The van der Waals surface area contributed by atoms with Gasteiger partial charge in [-0.25, -0.2) is 9.59 Å². The van der Waals surface area contributed by atoms with Gasteiger partial charge in [0, 0.05) is 12.8 Å². The Balaban J connectivity index is 1.61. The van der Waals surface area contributed by atoms with Crippen LogP contribution in [0.15, 0.2) is 53.3 Å². The Morgan fingerprint density at radius 3 is 2.24 bits per heavy atom. The maximum absolute atomic E-state index is 13.3. The van der Waals surface area contributed by atoms with Crippen molar-refractivity contribution < 1.29 is 37.7 Å². The van der Waals surface area contributed by atoms with Gasteiger partial charge in [0.25, 0.3) is 0 Å². The van der Waals surface area contributed by atoms with E-state index in [0.29, 0.717) is 30.4 Å². The van der Waals surface area contributed by atoms with Crippen LogP contribution in [-0.2, 0) is 23.7 Å². The number of carbonyl (C=O) groups excluding carboxylic acids is 3. The van der Waals surface area contributed by atoms with Crippen LogP contribution >= 0.6 is 0 Å². The van der Waals surface area contributed by atoms with Crippen LogP contribution in [-0.4, -0.2) is 47.4 Å². The highest BCUT2D eigenvalue weighted by Gasteiger charge is 2.79. The zero-order valence-electron chi connectivity index (χ0n) is 21.9. The Morgan fingerprint density at radius 1 is 0.892 bits per heavy atom. The number of esters is 3. The summed E-state index contributed by atoms with van der Waals surface area (Å²) in [6.45, 7) is 9.36. The third-order valence-electron chi connectivity index (χ3n) is 8.91. The molecule has 8 nitrogen and oxygen atoms in total. The van der Waals surface area contributed by atoms with E-state index in [1.165, 1.54) is 19.5 Å². The van der Waals surface area contributed by atoms with E-state index in [2.05, 4.69) is 6.92 Å². The van der Waals surface area contributed by atoms with E-state index in [1.54, 1.807) is 30.3 Å². The van der Waals surface area contributed by atoms with Gasteiger partial charge in [0.2, 0.25) is 0 Å². The first kappa shape index (κ1) is 25.5. The summed E-state index contributed by atoms with van der Waals surface area (Å²) in [5.41, 5.74) is -1.98. The lowest BCUT2D eigenvalue weighted by molar-refractivity contribution is -0.282. The highest BCUT2D eigenvalue weighted by atomic mass is 16.6. The van der Waals surface area contributed by atoms with Gasteiger partial charge in [0.05, 0.1) is 28.4 Å². The second-order valence-corrected chi connectivity index (χ2v) is 11.3. The van der Waals surface area contributed by atoms with Gasteiger partial charge in [-0.15, -0.1) is 0 Å². The van der Waals surface area contributed by atoms with Gasteiger partial charge in [0.1, 0.15) is 30.2 Å². The monoisotopic (exact) mass is 510 g/mol. The molecule has 0 radical (unpaired) electrons. The summed E-state index contributed by atoms with van der Waals surface area (Å²) >= 11 is 0. The summed E-state index contributed by atoms with van der Waals surface area (Å²) in [6.07, 6.45) is 2.56. The molecular weight excluding hydrogens is 476 g/mol. The number of rotatable bonds is 5. The fraction of sp³-hybridized carbons (Fsp3) is 0.552. The summed E-state index contributed by atoms with van der Waals surface area (Å²) in [6, 6.07) is 10.4. The lowest BCUT2D eigenvalue weighted by Gasteiger charge is -2.61. The van der Waals surface area contributed by atoms with Crippen molar-refractivity contribution in [3.8, 4) is 0 Å². The first-order valence-corrected chi connectivity index (χ1v) is 12.9. The topological polar surface area (TPSA) is 101 Å². The average molecular weight is 511 g/mol. The quantitative estimate of drug-likeness (QED) is 0.411. The molecule has 1 aromatic carbocycles. The average Bonchev–Trinajstić information content (AvgIpc) is 3.44. The minimum absolute atomic E-state index is 0.0750. The zero-order valence-corrected chi connectivity index (χ0v) is 21.9. The normalized spacial score (nSPS) is 35.8. The first-order chi connectivity index (χ1) is 17.5. The summed E-state index contributed by atoms with van der Waals surface area (Å²) < 4.78 is 30.4. The molecule has 0 amide bonds. The number of furan rings is 1. The van der Waals surface area contributed by atoms with Crippen LogP contribution in [0, 0.1) is 17.3 Å². The molecule has 7 atom stereocenters. The van der Waals surface area contributed by atoms with Crippen molar-refractivity contribution in [2.75, 3.05) is 0 Å². The number of ether oxygens (including phenoxy) is 4. The second-order valence-electron chi connectivity index (χ2n) is 11.3. The van der Waals surface area contributed by atoms with E-state index < -0.39 is 52.8 Å². The van der Waals surface area contributed by atoms with Crippen molar-refractivity contribution in [2.45, 2.75) is 83.4 Å². The lowest BCUT2D eigenvalue weighted by Crippen LogP contribution is -2.73. The summed E-state index contributed by atoms with van der Waals surface area (Å²) in [7, 11) is 0. The van der Waals surface area contributed by atoms with Crippen LogP contribution in [0.25, 0.3) is 0 Å². The minimum Gasteiger partial charge on any atom is -0.472 e. The van der Waals surface area contributed by atoms with Crippen LogP contribution in [0.3, 0.4) is 0 Å². The minimum atomic E-state index is -1.06. The molecule has 7 unspecified atom stereocenters. The molecule has 2 bridgehead atoms. The van der Waals surface area contributed by atoms with Crippen LogP contribution in [0.1, 0.15) is 74.6 Å². The van der Waals surface area contributed by atoms with E-state index in [0.717, 1.165) is 0 Å². The molecule has 8 heteroatoms. The Hall–Kier alpha value is -3.13. The van der Waals surface area contributed by atoms with E-state index >= 15 is 0 Å². The highest BCUT2D eigenvalue weighted by molar-refractivity contribution is 5.90. The zero-order chi connectivity index (χ0) is 26.6. The number of hydrogen-bond acceptors (Lipinski definition) is 8. The largest absolute Gasteiger partial charge is 0.472 e. The molecule has 1 aromatic heterocycles. The fourth-order valence-electron chi connectivity index (χ4n) is 7.13. The fourth-order valence-corrected chi connectivity index (χ4v) is 7.13. The molecule has 5 rings (SSSR count). The SMILES string of the molecule is CC(=O)OC1CCC(C)C23OC(C)(C)C(CC(OC(=O)c4ccccc4)C12C)C3OC(=O)c1ccoc1. The van der Waals surface area contributed by atoms with Crippen molar-refractivity contribution in [1.82, 2.24) is 0 Å². The van der Waals surface area contributed by atoms with Crippen molar-refractivity contribution in [3.63, 3.8) is 0 Å². The van der Waals surface area contributed by atoms with E-state index in [4.69, 9.17) is 23.4 Å². The molecule has 2 aromatic rings. The van der Waals surface area contributed by atoms with Crippen LogP contribution in [0.2, 0.25) is 0 Å². The molecule has 1 saturated heterocycles. The van der Waals surface area contributed by atoms with Crippen LogP contribution in [0.5, 0.6) is 0 Å². The predicted octanol–water partition coefficient (Wildman–Crippen LogP) is 4.97. The molecule has 37 heavy (non-hydrogen) atoms. The Morgan fingerprint density at radius 2 is 1.59 bits per heavy atom. The molecule has 198 valence electrons. The smallest absolute Gasteiger partial charge is 0.341 e. The Kier molecular flexibility index (Phi) is 6.21. The van der Waals surface area contributed by atoms with Crippen molar-refractivity contribution in [3.05, 3.63) is 60.1 Å². The Bertz CT molecular complexity index is 1170. The maximum atomic E-state index is 13.3. The molecule has 3 aliphatic rings. The van der Waals surface area contributed by atoms with Gasteiger partial charge in [-0.3, -0.25) is 4.79 Å². The van der Waals surface area contributed by atoms with E-state index in [-0.39, 0.29) is 11.8 Å². The van der Waals surface area contributed by atoms with Gasteiger partial charge < -0.3 is 23.4 Å². The standard InChI is InChI=1S/C29H34O8/c1-17-11-12-22(34-18(2)30)28(5)23(35-25(31)19-9-7-6-8-10-19)15-21-24(29(17,28)37-27(21,3)4)36-26(32)20-13-14-33-16-20/h6-10,13-14,16-17,21-24H,11-12,15H2,1-5H3. The molecule has 1 spiro atoms. The summed E-state index contributed by atoms with van der Waals surface area (Å²) in [5, 5.41) is 0. The van der Waals surface area contributed by atoms with Gasteiger partial charge in [-0.05, 0) is 64.2 Å². The van der Waals surface area contributed by atoms with E-state index in [1.807, 2.05) is 26.8 Å². The van der Waals surface area contributed by atoms with Gasteiger partial charge >= 0.3 is 17.9 Å². The van der Waals surface area contributed by atoms with E-state index in [9.17, 15) is 14.4 Å². The molecule has 2 heterocycles. The summed E-state index contributed by atoms with van der Waals surface area (Å²) in [5.74, 6) is -1.71. The highest BCUT2D eigenvalue weighted by Crippen LogP contribution is 2.67. The predicted molar refractivity (Wildman–Crippen MR) is 132 cm³/mol. The first-order valence-electron chi connectivity index (χ1n) is 12.9. The molecule has 2 saturated carbocycles. The molecular formula is C29H34O8. The molecule has 2 aliphatic carbocycles. The van der Waals surface area contributed by atoms with Gasteiger partial charge in [0.15, 0.2) is 0 Å². The maximum Gasteiger partial charge on any atom is 0.341 e. The van der Waals surface area contributed by atoms with Crippen molar-refractivity contribution in [2.24, 2.45) is 17.3 Å². The van der Waals surface area contributed by atoms with Crippen LogP contribution in [0.4, 0.5) is 0 Å². The molecule has 3 fully saturated rings. The summed E-state index contributed by atoms with van der Waals surface area (Å²) in [4.78, 5) is 38.7. The number of benzene rings is 1. The van der Waals surface area contributed by atoms with Crippen molar-refractivity contribution >= 4 is 17.9 Å². The third kappa shape index (κ3) is 3.88. The lowest BCUT2D eigenvalue weighted by atomic mass is 9.49. The van der Waals surface area contributed by atoms with Crippen LogP contribution < -0.4 is 0 Å². The molecule has 1 aliphatic heterocycles. The Labute approximate surface area is 216 Å². The van der Waals surface area contributed by atoms with Gasteiger partial charge in [-0.1, -0.05) is 25.1 Å².